The Kier molecular flexibility index (Phi) is 4.98. The summed E-state index contributed by atoms with van der Waals surface area (Å²) < 4.78 is 5.61. The first-order chi connectivity index (χ1) is 9.60. The predicted molar refractivity (Wildman–Crippen MR) is 80.6 cm³/mol. The third-order valence-electron chi connectivity index (χ3n) is 2.56. The van der Waals surface area contributed by atoms with E-state index in [1.165, 1.54) is 11.3 Å². The van der Waals surface area contributed by atoms with Crippen molar-refractivity contribution < 1.29 is 9.53 Å². The summed E-state index contributed by atoms with van der Waals surface area (Å²) >= 11 is 7.16. The molecule has 6 heteroatoms. The smallest absolute Gasteiger partial charge is 0.263 e. The fourth-order valence-electron chi connectivity index (χ4n) is 1.64. The molecule has 1 N–H and O–H groups in total. The van der Waals surface area contributed by atoms with Gasteiger partial charge in [-0.3, -0.25) is 4.79 Å². The highest BCUT2D eigenvalue weighted by atomic mass is 35.5. The zero-order valence-electron chi connectivity index (χ0n) is 11.3. The summed E-state index contributed by atoms with van der Waals surface area (Å²) in [4.78, 5) is 16.8. The fourth-order valence-corrected chi connectivity index (χ4v) is 2.66. The molecule has 0 aliphatic rings. The van der Waals surface area contributed by atoms with Gasteiger partial charge in [-0.25, -0.2) is 4.98 Å². The minimum absolute atomic E-state index is 0.0831. The Morgan fingerprint density at radius 1 is 1.40 bits per heavy atom. The number of amides is 1. The van der Waals surface area contributed by atoms with E-state index in [-0.39, 0.29) is 5.91 Å². The molecule has 0 bridgehead atoms. The number of carbonyl (C=O) groups is 1. The van der Waals surface area contributed by atoms with Crippen molar-refractivity contribution in [2.45, 2.75) is 20.5 Å². The average molecular weight is 311 g/mol. The van der Waals surface area contributed by atoms with E-state index in [0.717, 1.165) is 16.5 Å². The van der Waals surface area contributed by atoms with E-state index in [1.54, 1.807) is 24.3 Å². The number of carbonyl (C=O) groups excluding carboxylic acids is 1. The van der Waals surface area contributed by atoms with Gasteiger partial charge in [0.05, 0.1) is 5.69 Å². The highest BCUT2D eigenvalue weighted by Gasteiger charge is 2.14. The number of thiazole rings is 1. The molecule has 0 atom stereocenters. The molecule has 0 aliphatic heterocycles. The van der Waals surface area contributed by atoms with Gasteiger partial charge in [0.15, 0.2) is 0 Å². The Labute approximate surface area is 126 Å². The van der Waals surface area contributed by atoms with Crippen LogP contribution in [0.3, 0.4) is 0 Å². The maximum Gasteiger partial charge on any atom is 0.263 e. The van der Waals surface area contributed by atoms with Crippen molar-refractivity contribution in [1.82, 2.24) is 10.3 Å². The Hall–Kier alpha value is -1.59. The van der Waals surface area contributed by atoms with Crippen molar-refractivity contribution in [3.05, 3.63) is 44.9 Å². The van der Waals surface area contributed by atoms with E-state index in [9.17, 15) is 4.79 Å². The first-order valence-corrected chi connectivity index (χ1v) is 7.42. The molecule has 0 radical (unpaired) electrons. The second kappa shape index (κ2) is 6.72. The third-order valence-corrected chi connectivity index (χ3v) is 3.94. The number of ether oxygens (including phenoxy) is 1. The number of aromatic nitrogens is 1. The van der Waals surface area contributed by atoms with Crippen molar-refractivity contribution >= 4 is 28.8 Å². The molecule has 4 nitrogen and oxygen atoms in total. The van der Waals surface area contributed by atoms with Crippen LogP contribution < -0.4 is 10.1 Å². The number of rotatable bonds is 5. The van der Waals surface area contributed by atoms with Gasteiger partial charge >= 0.3 is 0 Å². The Morgan fingerprint density at radius 3 is 2.75 bits per heavy atom. The number of benzene rings is 1. The molecule has 0 saturated carbocycles. The highest BCUT2D eigenvalue weighted by molar-refractivity contribution is 7.13. The SMILES string of the molecule is CCNC(=O)c1sc(COc2ccc(Cl)cc2)nc1C. The minimum Gasteiger partial charge on any atom is -0.486 e. The lowest BCUT2D eigenvalue weighted by atomic mass is 10.3. The molecule has 0 spiro atoms. The molecule has 1 aromatic heterocycles. The van der Waals surface area contributed by atoms with Crippen LogP contribution in [0, 0.1) is 6.92 Å². The summed E-state index contributed by atoms with van der Waals surface area (Å²) in [5.41, 5.74) is 0.732. The zero-order valence-corrected chi connectivity index (χ0v) is 12.8. The van der Waals surface area contributed by atoms with Crippen molar-refractivity contribution in [2.24, 2.45) is 0 Å². The Morgan fingerprint density at radius 2 is 2.10 bits per heavy atom. The van der Waals surface area contributed by atoms with Gasteiger partial charge in [0.25, 0.3) is 5.91 Å². The number of nitrogens with zero attached hydrogens (tertiary/aromatic N) is 1. The molecule has 1 amide bonds. The molecule has 0 fully saturated rings. The van der Waals surface area contributed by atoms with Gasteiger partial charge in [0.1, 0.15) is 22.2 Å². The standard InChI is InChI=1S/C14H15ClN2O2S/c1-3-16-14(18)13-9(2)17-12(20-13)8-19-11-6-4-10(15)5-7-11/h4-7H,3,8H2,1-2H3,(H,16,18). The van der Waals surface area contributed by atoms with Crippen LogP contribution in [-0.2, 0) is 6.61 Å². The van der Waals surface area contributed by atoms with Crippen molar-refractivity contribution in [3.8, 4) is 5.75 Å². The van der Waals surface area contributed by atoms with Crippen LogP contribution in [-0.4, -0.2) is 17.4 Å². The number of nitrogens with one attached hydrogen (secondary N) is 1. The molecule has 2 aromatic rings. The molecule has 0 saturated heterocycles. The second-order valence-electron chi connectivity index (χ2n) is 4.12. The van der Waals surface area contributed by atoms with E-state index < -0.39 is 0 Å². The van der Waals surface area contributed by atoms with E-state index in [0.29, 0.717) is 23.1 Å². The lowest BCUT2D eigenvalue weighted by Crippen LogP contribution is -2.22. The van der Waals surface area contributed by atoms with Crippen molar-refractivity contribution in [1.29, 1.82) is 0 Å². The third kappa shape index (κ3) is 3.71. The zero-order chi connectivity index (χ0) is 14.5. The maximum absolute atomic E-state index is 11.8. The van der Waals surface area contributed by atoms with E-state index in [4.69, 9.17) is 16.3 Å². The Balaban J connectivity index is 2.01. The van der Waals surface area contributed by atoms with Gasteiger partial charge in [-0.15, -0.1) is 11.3 Å². The maximum atomic E-state index is 11.8. The first-order valence-electron chi connectivity index (χ1n) is 6.23. The van der Waals surface area contributed by atoms with Crippen LogP contribution in [0.2, 0.25) is 5.02 Å². The van der Waals surface area contributed by atoms with Crippen LogP contribution in [0.1, 0.15) is 27.3 Å². The summed E-state index contributed by atoms with van der Waals surface area (Å²) in [6.45, 7) is 4.66. The summed E-state index contributed by atoms with van der Waals surface area (Å²) in [7, 11) is 0. The van der Waals surface area contributed by atoms with Gasteiger partial charge in [-0.2, -0.15) is 0 Å². The number of hydrogen-bond acceptors (Lipinski definition) is 4. The molecule has 1 heterocycles. The lowest BCUT2D eigenvalue weighted by molar-refractivity contribution is 0.0959. The van der Waals surface area contributed by atoms with Gasteiger partial charge in [-0.05, 0) is 38.1 Å². The van der Waals surface area contributed by atoms with Crippen LogP contribution in [0.5, 0.6) is 5.75 Å². The van der Waals surface area contributed by atoms with Gasteiger partial charge in [0, 0.05) is 11.6 Å². The number of hydrogen-bond donors (Lipinski definition) is 1. The van der Waals surface area contributed by atoms with Gasteiger partial charge in [-0.1, -0.05) is 11.6 Å². The predicted octanol–water partition coefficient (Wildman–Crippen LogP) is 3.43. The van der Waals surface area contributed by atoms with E-state index >= 15 is 0 Å². The fraction of sp³-hybridized carbons (Fsp3) is 0.286. The molecule has 2 rings (SSSR count). The second-order valence-corrected chi connectivity index (χ2v) is 5.64. The lowest BCUT2D eigenvalue weighted by Gasteiger charge is -2.03. The van der Waals surface area contributed by atoms with E-state index in [1.807, 2.05) is 13.8 Å². The number of aryl methyl sites for hydroxylation is 1. The molecule has 0 aliphatic carbocycles. The van der Waals surface area contributed by atoms with Gasteiger partial charge < -0.3 is 10.1 Å². The number of halogens is 1. The monoisotopic (exact) mass is 310 g/mol. The topological polar surface area (TPSA) is 51.2 Å². The van der Waals surface area contributed by atoms with Crippen molar-refractivity contribution in [3.63, 3.8) is 0 Å². The summed E-state index contributed by atoms with van der Waals surface area (Å²) in [5.74, 6) is 0.641. The van der Waals surface area contributed by atoms with Crippen LogP contribution >= 0.6 is 22.9 Å². The van der Waals surface area contributed by atoms with E-state index in [2.05, 4.69) is 10.3 Å². The largest absolute Gasteiger partial charge is 0.486 e. The van der Waals surface area contributed by atoms with Crippen LogP contribution in [0.15, 0.2) is 24.3 Å². The average Bonchev–Trinajstić information content (AvgIpc) is 2.80. The molecular weight excluding hydrogens is 296 g/mol. The highest BCUT2D eigenvalue weighted by Crippen LogP contribution is 2.21. The summed E-state index contributed by atoms with van der Waals surface area (Å²) in [6, 6.07) is 7.13. The summed E-state index contributed by atoms with van der Waals surface area (Å²) in [6.07, 6.45) is 0. The summed E-state index contributed by atoms with van der Waals surface area (Å²) in [5, 5.41) is 4.22. The van der Waals surface area contributed by atoms with Gasteiger partial charge in [0.2, 0.25) is 0 Å². The van der Waals surface area contributed by atoms with Crippen LogP contribution in [0.25, 0.3) is 0 Å². The molecule has 0 unspecified atom stereocenters. The molecule has 1 aromatic carbocycles. The first kappa shape index (κ1) is 14.8. The Bertz CT molecular complexity index is 596. The normalized spacial score (nSPS) is 10.3. The molecule has 106 valence electrons. The minimum atomic E-state index is -0.0831. The molecular formula is C14H15ClN2O2S. The van der Waals surface area contributed by atoms with Crippen molar-refractivity contribution in [2.75, 3.05) is 6.54 Å². The molecule has 20 heavy (non-hydrogen) atoms. The quantitative estimate of drug-likeness (QED) is 0.920. The van der Waals surface area contributed by atoms with Crippen LogP contribution in [0.4, 0.5) is 0 Å².